The minimum Gasteiger partial charge on any atom is -0.315 e. The van der Waals surface area contributed by atoms with Crippen molar-refractivity contribution < 1.29 is 4.39 Å². The lowest BCUT2D eigenvalue weighted by atomic mass is 9.86. The summed E-state index contributed by atoms with van der Waals surface area (Å²) >= 11 is 0. The van der Waals surface area contributed by atoms with Crippen molar-refractivity contribution in [2.45, 2.75) is 46.6 Å². The zero-order valence-corrected chi connectivity index (χ0v) is 18.2. The molecule has 2 aliphatic rings. The highest BCUT2D eigenvalue weighted by Gasteiger charge is 2.31. The monoisotopic (exact) mass is 390 g/mol. The Balaban J connectivity index is 1.84. The molecule has 0 bridgehead atoms. The van der Waals surface area contributed by atoms with E-state index in [0.29, 0.717) is 5.71 Å². The summed E-state index contributed by atoms with van der Waals surface area (Å²) < 4.78 is 13.5. The van der Waals surface area contributed by atoms with Gasteiger partial charge in [0.15, 0.2) is 0 Å². The Morgan fingerprint density at radius 2 is 2.00 bits per heavy atom. The molecule has 0 saturated carbocycles. The van der Waals surface area contributed by atoms with E-state index < -0.39 is 0 Å². The zero-order chi connectivity index (χ0) is 20.5. The maximum absolute atomic E-state index is 13.5. The standard InChI is InChI=1S/C23H39FN4/c1-5-27(6-2)14-11-26-17-19-9-12-28(13-10-19)23(15-18(3)4)21-8-7-20(24)16-22(21)25/h7-8,15-16,19,21,23,25-26H,5-6,9-14,17H2,1-4H3. The van der Waals surface area contributed by atoms with Gasteiger partial charge in [-0.3, -0.25) is 4.90 Å². The lowest BCUT2D eigenvalue weighted by Gasteiger charge is -2.40. The van der Waals surface area contributed by atoms with Gasteiger partial charge in [0.25, 0.3) is 0 Å². The van der Waals surface area contributed by atoms with Gasteiger partial charge in [-0.1, -0.05) is 31.6 Å². The van der Waals surface area contributed by atoms with Gasteiger partial charge in [0.05, 0.1) is 0 Å². The van der Waals surface area contributed by atoms with Crippen molar-refractivity contribution in [1.82, 2.24) is 15.1 Å². The maximum atomic E-state index is 13.5. The van der Waals surface area contributed by atoms with Gasteiger partial charge in [-0.15, -0.1) is 0 Å². The molecule has 1 heterocycles. The third-order valence-electron chi connectivity index (χ3n) is 5.99. The van der Waals surface area contributed by atoms with Gasteiger partial charge in [-0.2, -0.15) is 0 Å². The molecule has 2 atom stereocenters. The maximum Gasteiger partial charge on any atom is 0.124 e. The van der Waals surface area contributed by atoms with E-state index in [1.165, 1.54) is 30.6 Å². The summed E-state index contributed by atoms with van der Waals surface area (Å²) in [7, 11) is 0. The number of likely N-dealkylation sites (tertiary alicyclic amines) is 1. The first-order chi connectivity index (χ1) is 13.4. The second-order valence-electron chi connectivity index (χ2n) is 8.31. The third-order valence-corrected chi connectivity index (χ3v) is 5.99. The Hall–Kier alpha value is -1.30. The first-order valence-corrected chi connectivity index (χ1v) is 10.9. The molecule has 5 heteroatoms. The predicted molar refractivity (Wildman–Crippen MR) is 118 cm³/mol. The Morgan fingerprint density at radius 1 is 1.32 bits per heavy atom. The van der Waals surface area contributed by atoms with Crippen LogP contribution in [0.25, 0.3) is 0 Å². The van der Waals surface area contributed by atoms with Crippen molar-refractivity contribution in [3.63, 3.8) is 0 Å². The fraction of sp³-hybridized carbons (Fsp3) is 0.696. The molecule has 2 rings (SSSR count). The quantitative estimate of drug-likeness (QED) is 0.437. The molecule has 28 heavy (non-hydrogen) atoms. The van der Waals surface area contributed by atoms with Crippen LogP contribution in [0, 0.1) is 17.2 Å². The molecule has 4 nitrogen and oxygen atoms in total. The van der Waals surface area contributed by atoms with Crippen molar-refractivity contribution in [3.8, 4) is 0 Å². The van der Waals surface area contributed by atoms with Gasteiger partial charge in [-0.25, -0.2) is 4.39 Å². The molecule has 2 N–H and O–H groups in total. The molecule has 1 aliphatic heterocycles. The molecule has 2 unspecified atom stereocenters. The van der Waals surface area contributed by atoms with Crippen molar-refractivity contribution in [2.24, 2.45) is 11.8 Å². The average Bonchev–Trinajstić information content (AvgIpc) is 2.67. The summed E-state index contributed by atoms with van der Waals surface area (Å²) in [5.41, 5.74) is 1.63. The summed E-state index contributed by atoms with van der Waals surface area (Å²) in [5.74, 6) is 0.351. The summed E-state index contributed by atoms with van der Waals surface area (Å²) in [6.07, 6.45) is 9.36. The lowest BCUT2D eigenvalue weighted by molar-refractivity contribution is 0.143. The molecule has 0 aromatic heterocycles. The molecular weight excluding hydrogens is 351 g/mol. The number of nitrogens with zero attached hydrogens (tertiary/aromatic N) is 2. The number of hydrogen-bond donors (Lipinski definition) is 2. The van der Waals surface area contributed by atoms with Gasteiger partial charge in [0.2, 0.25) is 0 Å². The van der Waals surface area contributed by atoms with Crippen molar-refractivity contribution in [2.75, 3.05) is 45.8 Å². The normalized spacial score (nSPS) is 22.4. The number of rotatable bonds is 10. The fourth-order valence-corrected chi connectivity index (χ4v) is 4.21. The van der Waals surface area contributed by atoms with Crippen LogP contribution in [0.3, 0.4) is 0 Å². The van der Waals surface area contributed by atoms with Crippen LogP contribution in [0.4, 0.5) is 4.39 Å². The molecular formula is C23H39FN4. The van der Waals surface area contributed by atoms with Crippen LogP contribution in [0.2, 0.25) is 0 Å². The van der Waals surface area contributed by atoms with Gasteiger partial charge >= 0.3 is 0 Å². The van der Waals surface area contributed by atoms with Crippen LogP contribution in [0.5, 0.6) is 0 Å². The van der Waals surface area contributed by atoms with Crippen LogP contribution in [0.15, 0.2) is 35.7 Å². The Labute approximate surface area is 171 Å². The smallest absolute Gasteiger partial charge is 0.124 e. The van der Waals surface area contributed by atoms with E-state index >= 15 is 0 Å². The fourth-order valence-electron chi connectivity index (χ4n) is 4.21. The van der Waals surface area contributed by atoms with Crippen molar-refractivity contribution in [3.05, 3.63) is 35.7 Å². The molecule has 0 radical (unpaired) electrons. The number of allylic oxidation sites excluding steroid dienone is 4. The zero-order valence-electron chi connectivity index (χ0n) is 18.2. The largest absolute Gasteiger partial charge is 0.315 e. The average molecular weight is 391 g/mol. The van der Waals surface area contributed by atoms with E-state index in [1.54, 1.807) is 0 Å². The minimum atomic E-state index is -0.313. The van der Waals surface area contributed by atoms with Crippen LogP contribution < -0.4 is 5.32 Å². The second kappa shape index (κ2) is 11.6. The Morgan fingerprint density at radius 3 is 2.57 bits per heavy atom. The summed E-state index contributed by atoms with van der Waals surface area (Å²) in [5, 5.41) is 11.9. The summed E-state index contributed by atoms with van der Waals surface area (Å²) in [4.78, 5) is 4.93. The molecule has 0 aromatic carbocycles. The van der Waals surface area contributed by atoms with E-state index in [2.05, 4.69) is 48.9 Å². The third kappa shape index (κ3) is 6.94. The van der Waals surface area contributed by atoms with Crippen LogP contribution in [0.1, 0.15) is 40.5 Å². The number of likely N-dealkylation sites (N-methyl/N-ethyl adjacent to an activating group) is 1. The second-order valence-corrected chi connectivity index (χ2v) is 8.31. The Bertz CT molecular complexity index is 579. The van der Waals surface area contributed by atoms with Gasteiger partial charge < -0.3 is 15.6 Å². The highest BCUT2D eigenvalue weighted by atomic mass is 19.1. The van der Waals surface area contributed by atoms with Gasteiger partial charge in [0.1, 0.15) is 5.83 Å². The van der Waals surface area contributed by atoms with E-state index in [1.807, 2.05) is 6.08 Å². The summed E-state index contributed by atoms with van der Waals surface area (Å²) in [6, 6.07) is 0.148. The minimum absolute atomic E-state index is 0.0573. The molecule has 1 fully saturated rings. The van der Waals surface area contributed by atoms with Gasteiger partial charge in [0, 0.05) is 30.8 Å². The highest BCUT2D eigenvalue weighted by molar-refractivity contribution is 5.98. The molecule has 1 aliphatic carbocycles. The summed E-state index contributed by atoms with van der Waals surface area (Å²) in [6.45, 7) is 16.2. The number of nitrogens with one attached hydrogen (secondary N) is 2. The molecule has 0 amide bonds. The van der Waals surface area contributed by atoms with E-state index in [-0.39, 0.29) is 17.8 Å². The van der Waals surface area contributed by atoms with E-state index in [4.69, 9.17) is 5.41 Å². The molecule has 0 spiro atoms. The number of hydrogen-bond acceptors (Lipinski definition) is 4. The van der Waals surface area contributed by atoms with E-state index in [0.717, 1.165) is 51.7 Å². The highest BCUT2D eigenvalue weighted by Crippen LogP contribution is 2.27. The van der Waals surface area contributed by atoms with Crippen LogP contribution in [-0.4, -0.2) is 67.4 Å². The molecule has 0 aromatic rings. The van der Waals surface area contributed by atoms with Crippen molar-refractivity contribution >= 4 is 5.71 Å². The number of halogens is 1. The lowest BCUT2D eigenvalue weighted by Crippen LogP contribution is -2.47. The predicted octanol–water partition coefficient (Wildman–Crippen LogP) is 4.02. The van der Waals surface area contributed by atoms with Gasteiger partial charge in [-0.05, 0) is 77.5 Å². The van der Waals surface area contributed by atoms with Crippen LogP contribution in [-0.2, 0) is 0 Å². The molecule has 1 saturated heterocycles. The number of piperidine rings is 1. The Kier molecular flexibility index (Phi) is 9.56. The molecule has 158 valence electrons. The first kappa shape index (κ1) is 23.0. The topological polar surface area (TPSA) is 42.4 Å². The van der Waals surface area contributed by atoms with Crippen molar-refractivity contribution in [1.29, 1.82) is 5.41 Å². The SMILES string of the molecule is CCN(CC)CCNCC1CCN(C(C=C(C)C)C2C=CC(F)=CC2=N)CC1. The van der Waals surface area contributed by atoms with E-state index in [9.17, 15) is 4.39 Å². The van der Waals surface area contributed by atoms with Crippen LogP contribution >= 0.6 is 0 Å². The first-order valence-electron chi connectivity index (χ1n) is 10.9.